The van der Waals surface area contributed by atoms with Gasteiger partial charge < -0.3 is 14.7 Å². The van der Waals surface area contributed by atoms with Crippen LogP contribution in [-0.2, 0) is 0 Å². The average molecular weight is 202 g/mol. The molecule has 4 nitrogen and oxygen atoms in total. The van der Waals surface area contributed by atoms with Crippen LogP contribution in [0.15, 0.2) is 11.6 Å². The number of rotatable bonds is 5. The standard InChI is InChI=1S/C8H14N2O2S/c1-10(2)5-7(11)6-12-8-9-3-4-13-8/h3-4,7,11H,5-6H2,1-2H3. The molecule has 13 heavy (non-hydrogen) atoms. The molecular formula is C8H14N2O2S. The second kappa shape index (κ2) is 5.16. The summed E-state index contributed by atoms with van der Waals surface area (Å²) in [4.78, 5) is 5.85. The zero-order valence-electron chi connectivity index (χ0n) is 7.80. The van der Waals surface area contributed by atoms with Crippen molar-refractivity contribution in [1.29, 1.82) is 0 Å². The van der Waals surface area contributed by atoms with Gasteiger partial charge in [0.25, 0.3) is 5.19 Å². The van der Waals surface area contributed by atoms with E-state index in [1.807, 2.05) is 24.4 Å². The molecule has 74 valence electrons. The monoisotopic (exact) mass is 202 g/mol. The summed E-state index contributed by atoms with van der Waals surface area (Å²) < 4.78 is 5.24. The normalized spacial score (nSPS) is 13.2. The Bertz CT molecular complexity index is 226. The molecule has 0 amide bonds. The quantitative estimate of drug-likeness (QED) is 0.752. The first kappa shape index (κ1) is 10.4. The Morgan fingerprint density at radius 1 is 1.69 bits per heavy atom. The number of hydrogen-bond donors (Lipinski definition) is 1. The SMILES string of the molecule is CN(C)CC(O)COc1nccs1. The van der Waals surface area contributed by atoms with E-state index in [1.54, 1.807) is 6.20 Å². The molecule has 1 atom stereocenters. The summed E-state index contributed by atoms with van der Waals surface area (Å²) in [6.07, 6.45) is 1.22. The van der Waals surface area contributed by atoms with Crippen molar-refractivity contribution in [2.24, 2.45) is 0 Å². The zero-order valence-corrected chi connectivity index (χ0v) is 8.62. The number of ether oxygens (including phenoxy) is 1. The summed E-state index contributed by atoms with van der Waals surface area (Å²) >= 11 is 1.43. The fourth-order valence-electron chi connectivity index (χ4n) is 0.923. The van der Waals surface area contributed by atoms with Crippen LogP contribution in [0.25, 0.3) is 0 Å². The van der Waals surface area contributed by atoms with Crippen molar-refractivity contribution >= 4 is 11.3 Å². The lowest BCUT2D eigenvalue weighted by Crippen LogP contribution is -2.30. The molecule has 0 aliphatic rings. The molecule has 1 rings (SSSR count). The van der Waals surface area contributed by atoms with Gasteiger partial charge in [-0.25, -0.2) is 4.98 Å². The van der Waals surface area contributed by atoms with Gasteiger partial charge in [0.1, 0.15) is 12.7 Å². The van der Waals surface area contributed by atoms with Crippen LogP contribution in [0, 0.1) is 0 Å². The van der Waals surface area contributed by atoms with Crippen LogP contribution < -0.4 is 4.74 Å². The number of nitrogens with zero attached hydrogens (tertiary/aromatic N) is 2. The Morgan fingerprint density at radius 3 is 3.00 bits per heavy atom. The summed E-state index contributed by atoms with van der Waals surface area (Å²) in [7, 11) is 3.82. The molecular weight excluding hydrogens is 188 g/mol. The first-order chi connectivity index (χ1) is 6.18. The third-order valence-corrected chi connectivity index (χ3v) is 2.07. The lowest BCUT2D eigenvalue weighted by molar-refractivity contribution is 0.0830. The largest absolute Gasteiger partial charge is 0.467 e. The highest BCUT2D eigenvalue weighted by Gasteiger charge is 2.06. The summed E-state index contributed by atoms with van der Waals surface area (Å²) in [5, 5.41) is 11.9. The van der Waals surface area contributed by atoms with Gasteiger partial charge in [-0.1, -0.05) is 11.3 Å². The maximum Gasteiger partial charge on any atom is 0.273 e. The van der Waals surface area contributed by atoms with Gasteiger partial charge in [-0.05, 0) is 14.1 Å². The van der Waals surface area contributed by atoms with E-state index in [0.717, 1.165) is 0 Å². The second-order valence-electron chi connectivity index (χ2n) is 3.03. The minimum Gasteiger partial charge on any atom is -0.467 e. The van der Waals surface area contributed by atoms with E-state index in [9.17, 15) is 5.11 Å². The predicted octanol–water partition coefficient (Wildman–Crippen LogP) is 0.444. The first-order valence-corrected chi connectivity index (χ1v) is 4.91. The number of hydrogen-bond acceptors (Lipinski definition) is 5. The van der Waals surface area contributed by atoms with Crippen LogP contribution >= 0.6 is 11.3 Å². The number of likely N-dealkylation sites (N-methyl/N-ethyl adjacent to an activating group) is 1. The average Bonchev–Trinajstić information content (AvgIpc) is 2.51. The van der Waals surface area contributed by atoms with E-state index in [2.05, 4.69) is 4.98 Å². The van der Waals surface area contributed by atoms with Gasteiger partial charge in [0.05, 0.1) is 0 Å². The molecule has 1 unspecified atom stereocenters. The molecule has 1 aromatic rings. The highest BCUT2D eigenvalue weighted by Crippen LogP contribution is 2.13. The molecule has 0 aliphatic heterocycles. The molecule has 0 aliphatic carbocycles. The molecule has 0 aromatic carbocycles. The number of aromatic nitrogens is 1. The molecule has 0 radical (unpaired) electrons. The van der Waals surface area contributed by atoms with Gasteiger partial charge in [-0.2, -0.15) is 0 Å². The highest BCUT2D eigenvalue weighted by atomic mass is 32.1. The van der Waals surface area contributed by atoms with Gasteiger partial charge in [0.2, 0.25) is 0 Å². The molecule has 0 saturated carbocycles. The van der Waals surface area contributed by atoms with E-state index in [0.29, 0.717) is 18.3 Å². The maximum atomic E-state index is 9.43. The lowest BCUT2D eigenvalue weighted by atomic mass is 10.4. The van der Waals surface area contributed by atoms with E-state index in [-0.39, 0.29) is 0 Å². The summed E-state index contributed by atoms with van der Waals surface area (Å²) in [5.74, 6) is 0. The Labute approximate surface area is 81.8 Å². The van der Waals surface area contributed by atoms with Gasteiger partial charge in [0, 0.05) is 18.1 Å². The zero-order chi connectivity index (χ0) is 9.68. The fourth-order valence-corrected chi connectivity index (χ4v) is 1.42. The van der Waals surface area contributed by atoms with Crippen molar-refractivity contribution in [3.63, 3.8) is 0 Å². The Hall–Kier alpha value is -0.650. The van der Waals surface area contributed by atoms with Crippen molar-refractivity contribution in [2.45, 2.75) is 6.10 Å². The van der Waals surface area contributed by atoms with Gasteiger partial charge in [-0.15, -0.1) is 0 Å². The fraction of sp³-hybridized carbons (Fsp3) is 0.625. The molecule has 1 heterocycles. The van der Waals surface area contributed by atoms with Crippen LogP contribution in [0.3, 0.4) is 0 Å². The topological polar surface area (TPSA) is 45.6 Å². The van der Waals surface area contributed by atoms with Gasteiger partial charge >= 0.3 is 0 Å². The maximum absolute atomic E-state index is 9.43. The van der Waals surface area contributed by atoms with Gasteiger partial charge in [0.15, 0.2) is 0 Å². The molecule has 0 saturated heterocycles. The van der Waals surface area contributed by atoms with Crippen LogP contribution in [0.5, 0.6) is 5.19 Å². The van der Waals surface area contributed by atoms with E-state index >= 15 is 0 Å². The van der Waals surface area contributed by atoms with Crippen LogP contribution in [0.1, 0.15) is 0 Å². The van der Waals surface area contributed by atoms with Crippen molar-refractivity contribution in [3.05, 3.63) is 11.6 Å². The number of aliphatic hydroxyl groups excluding tert-OH is 1. The van der Waals surface area contributed by atoms with Crippen molar-refractivity contribution in [2.75, 3.05) is 27.2 Å². The minimum atomic E-state index is -0.459. The molecule has 5 heteroatoms. The third kappa shape index (κ3) is 4.21. The molecule has 0 spiro atoms. The number of aliphatic hydroxyl groups is 1. The van der Waals surface area contributed by atoms with Crippen molar-refractivity contribution in [3.8, 4) is 5.19 Å². The Kier molecular flexibility index (Phi) is 4.14. The molecule has 0 fully saturated rings. The summed E-state index contributed by atoms with van der Waals surface area (Å²) in [6.45, 7) is 0.900. The van der Waals surface area contributed by atoms with E-state index in [4.69, 9.17) is 4.74 Å². The highest BCUT2D eigenvalue weighted by molar-refractivity contribution is 7.11. The van der Waals surface area contributed by atoms with Crippen LogP contribution in [0.4, 0.5) is 0 Å². The predicted molar refractivity (Wildman–Crippen MR) is 52.2 cm³/mol. The second-order valence-corrected chi connectivity index (χ2v) is 3.88. The summed E-state index contributed by atoms with van der Waals surface area (Å²) in [6, 6.07) is 0. The number of thiazole rings is 1. The minimum absolute atomic E-state index is 0.297. The van der Waals surface area contributed by atoms with E-state index < -0.39 is 6.10 Å². The molecule has 0 bridgehead atoms. The van der Waals surface area contributed by atoms with Crippen molar-refractivity contribution < 1.29 is 9.84 Å². The molecule has 1 N–H and O–H groups in total. The van der Waals surface area contributed by atoms with E-state index in [1.165, 1.54) is 11.3 Å². The lowest BCUT2D eigenvalue weighted by Gasteiger charge is -2.15. The third-order valence-electron chi connectivity index (χ3n) is 1.38. The Morgan fingerprint density at radius 2 is 2.46 bits per heavy atom. The van der Waals surface area contributed by atoms with Crippen molar-refractivity contribution in [1.82, 2.24) is 9.88 Å². The summed E-state index contributed by atoms with van der Waals surface area (Å²) in [5.41, 5.74) is 0. The smallest absolute Gasteiger partial charge is 0.273 e. The van der Waals surface area contributed by atoms with Crippen LogP contribution in [0.2, 0.25) is 0 Å². The van der Waals surface area contributed by atoms with Gasteiger partial charge in [-0.3, -0.25) is 0 Å². The Balaban J connectivity index is 2.19. The molecule has 1 aromatic heterocycles. The van der Waals surface area contributed by atoms with Crippen LogP contribution in [-0.4, -0.2) is 48.3 Å². The first-order valence-electron chi connectivity index (χ1n) is 4.03.